The number of amides is 1. The smallest absolute Gasteiger partial charge is 0.240 e. The van der Waals surface area contributed by atoms with Gasteiger partial charge in [0.1, 0.15) is 11.1 Å². The first-order valence-electron chi connectivity index (χ1n) is 7.24. The van der Waals surface area contributed by atoms with Crippen LogP contribution in [0.15, 0.2) is 5.16 Å². The van der Waals surface area contributed by atoms with E-state index in [2.05, 4.69) is 5.16 Å². The van der Waals surface area contributed by atoms with Crippen molar-refractivity contribution in [1.29, 1.82) is 0 Å². The molecule has 1 rings (SSSR count). The van der Waals surface area contributed by atoms with E-state index in [0.29, 0.717) is 19.4 Å². The maximum absolute atomic E-state index is 12.6. The molecular formula is C13H25N3O4S. The van der Waals surface area contributed by atoms with E-state index in [1.54, 1.807) is 0 Å². The van der Waals surface area contributed by atoms with E-state index in [1.165, 1.54) is 4.90 Å². The topological polar surface area (TPSA) is 113 Å². The second-order valence-corrected chi connectivity index (χ2v) is 8.17. The Labute approximate surface area is 126 Å². The summed E-state index contributed by atoms with van der Waals surface area (Å²) in [4.78, 5) is 14.1. The van der Waals surface area contributed by atoms with Crippen molar-refractivity contribution in [2.24, 2.45) is 16.8 Å². The molecule has 0 aromatic carbocycles. The molecule has 1 saturated heterocycles. The number of sulfone groups is 1. The lowest BCUT2D eigenvalue weighted by molar-refractivity contribution is -0.131. The molecule has 8 heteroatoms. The first-order valence-corrected chi connectivity index (χ1v) is 8.96. The molecule has 122 valence electrons. The zero-order valence-electron chi connectivity index (χ0n) is 12.7. The fourth-order valence-corrected chi connectivity index (χ4v) is 4.34. The maximum Gasteiger partial charge on any atom is 0.240 e. The van der Waals surface area contributed by atoms with Gasteiger partial charge in [-0.15, -0.1) is 0 Å². The van der Waals surface area contributed by atoms with Gasteiger partial charge < -0.3 is 15.8 Å². The summed E-state index contributed by atoms with van der Waals surface area (Å²) in [6, 6.07) is 0. The quantitative estimate of drug-likeness (QED) is 0.322. The van der Waals surface area contributed by atoms with Gasteiger partial charge in [-0.25, -0.2) is 8.42 Å². The molecule has 0 aromatic rings. The monoisotopic (exact) mass is 319 g/mol. The highest BCUT2D eigenvalue weighted by Crippen LogP contribution is 2.22. The Morgan fingerprint density at radius 1 is 1.43 bits per heavy atom. The molecule has 1 fully saturated rings. The number of carbonyl (C=O) groups is 1. The predicted octanol–water partition coefficient (Wildman–Crippen LogP) is 0.575. The Bertz CT molecular complexity index is 488. The van der Waals surface area contributed by atoms with E-state index in [4.69, 9.17) is 10.9 Å². The fraction of sp³-hybridized carbons (Fsp3) is 0.846. The lowest BCUT2D eigenvalue weighted by Gasteiger charge is -2.30. The Hall–Kier alpha value is -1.31. The van der Waals surface area contributed by atoms with Crippen molar-refractivity contribution in [2.45, 2.75) is 44.8 Å². The van der Waals surface area contributed by atoms with Gasteiger partial charge in [-0.2, -0.15) is 0 Å². The molecule has 1 amide bonds. The summed E-state index contributed by atoms with van der Waals surface area (Å²) in [5, 5.41) is 10.5. The van der Waals surface area contributed by atoms with Gasteiger partial charge in [-0.05, 0) is 18.8 Å². The summed E-state index contributed by atoms with van der Waals surface area (Å²) in [5.41, 5.74) is 5.43. The third-order valence-corrected chi connectivity index (χ3v) is 5.68. The van der Waals surface area contributed by atoms with Crippen LogP contribution in [0.1, 0.15) is 39.5 Å². The molecule has 0 radical (unpaired) electrons. The third-order valence-electron chi connectivity index (χ3n) is 3.52. The molecule has 0 bridgehead atoms. The van der Waals surface area contributed by atoms with E-state index in [0.717, 1.165) is 6.42 Å². The van der Waals surface area contributed by atoms with E-state index in [9.17, 15) is 13.2 Å². The van der Waals surface area contributed by atoms with E-state index in [-0.39, 0.29) is 36.4 Å². The fourth-order valence-electron chi connectivity index (χ4n) is 2.47. The number of nitrogens with zero attached hydrogens (tertiary/aromatic N) is 2. The molecule has 7 nitrogen and oxygen atoms in total. The number of oxime groups is 1. The molecule has 1 aliphatic heterocycles. The van der Waals surface area contributed by atoms with Crippen molar-refractivity contribution in [1.82, 2.24) is 4.90 Å². The van der Waals surface area contributed by atoms with Crippen molar-refractivity contribution in [3.05, 3.63) is 0 Å². The first kappa shape index (κ1) is 17.7. The number of amidine groups is 1. The highest BCUT2D eigenvalue weighted by molar-refractivity contribution is 7.92. The van der Waals surface area contributed by atoms with Gasteiger partial charge in [-0.3, -0.25) is 4.79 Å². The van der Waals surface area contributed by atoms with Gasteiger partial charge in [0.15, 0.2) is 9.84 Å². The molecule has 1 heterocycles. The predicted molar refractivity (Wildman–Crippen MR) is 80.9 cm³/mol. The van der Waals surface area contributed by atoms with Crippen molar-refractivity contribution in [3.63, 3.8) is 0 Å². The van der Waals surface area contributed by atoms with Gasteiger partial charge in [0.25, 0.3) is 0 Å². The standard InChI is InChI=1S/C13H25N3O4S/c1-10(2)9-16(7-6-12(14)15-18)13(17)11-5-3-4-8-21(11,19)20/h10-11,18H,3-9H2,1-2H3,(H2,14,15). The average molecular weight is 319 g/mol. The number of nitrogens with two attached hydrogens (primary N) is 1. The van der Waals surface area contributed by atoms with E-state index in [1.807, 2.05) is 13.8 Å². The average Bonchev–Trinajstić information content (AvgIpc) is 2.41. The lowest BCUT2D eigenvalue weighted by Crippen LogP contribution is -2.47. The Balaban J connectivity index is 2.83. The number of hydrogen-bond acceptors (Lipinski definition) is 5. The summed E-state index contributed by atoms with van der Waals surface area (Å²) in [5.74, 6) is -0.0242. The molecule has 0 aromatic heterocycles. The van der Waals surface area contributed by atoms with Crippen LogP contribution in [-0.2, 0) is 14.6 Å². The highest BCUT2D eigenvalue weighted by atomic mass is 32.2. The van der Waals surface area contributed by atoms with Crippen molar-refractivity contribution in [2.75, 3.05) is 18.8 Å². The van der Waals surface area contributed by atoms with Crippen LogP contribution in [0.5, 0.6) is 0 Å². The highest BCUT2D eigenvalue weighted by Gasteiger charge is 2.37. The van der Waals surface area contributed by atoms with E-state index >= 15 is 0 Å². The maximum atomic E-state index is 12.6. The second-order valence-electron chi connectivity index (χ2n) is 5.87. The van der Waals surface area contributed by atoms with Gasteiger partial charge in [0.05, 0.1) is 5.75 Å². The van der Waals surface area contributed by atoms with Gasteiger partial charge >= 0.3 is 0 Å². The summed E-state index contributed by atoms with van der Waals surface area (Å²) in [6.45, 7) is 4.64. The number of rotatable bonds is 6. The van der Waals surface area contributed by atoms with E-state index < -0.39 is 15.1 Å². The SMILES string of the molecule is CC(C)CN(CCC(N)=NO)C(=O)C1CCCCS1(=O)=O. The van der Waals surface area contributed by atoms with Crippen LogP contribution in [0.25, 0.3) is 0 Å². The minimum atomic E-state index is -3.35. The summed E-state index contributed by atoms with van der Waals surface area (Å²) < 4.78 is 24.1. The zero-order valence-corrected chi connectivity index (χ0v) is 13.5. The molecule has 1 atom stereocenters. The van der Waals surface area contributed by atoms with Gasteiger partial charge in [-0.1, -0.05) is 25.4 Å². The van der Waals surface area contributed by atoms with Crippen molar-refractivity contribution < 1.29 is 18.4 Å². The molecule has 0 saturated carbocycles. The van der Waals surface area contributed by atoms with Crippen LogP contribution >= 0.6 is 0 Å². The minimum absolute atomic E-state index is 0.0306. The molecule has 0 spiro atoms. The second kappa shape index (κ2) is 7.63. The number of carbonyl (C=O) groups excluding carboxylic acids is 1. The van der Waals surface area contributed by atoms with Crippen LogP contribution in [0, 0.1) is 5.92 Å². The van der Waals surface area contributed by atoms with Crippen molar-refractivity contribution in [3.8, 4) is 0 Å². The molecule has 0 aliphatic carbocycles. The Morgan fingerprint density at radius 2 is 2.10 bits per heavy atom. The normalized spacial score (nSPS) is 22.2. The summed E-state index contributed by atoms with van der Waals surface area (Å²) in [7, 11) is -3.35. The van der Waals surface area contributed by atoms with Crippen LogP contribution in [0.3, 0.4) is 0 Å². The summed E-state index contributed by atoms with van der Waals surface area (Å²) >= 11 is 0. The summed E-state index contributed by atoms with van der Waals surface area (Å²) in [6.07, 6.45) is 1.99. The van der Waals surface area contributed by atoms with Gasteiger partial charge in [0.2, 0.25) is 5.91 Å². The first-order chi connectivity index (χ1) is 9.77. The van der Waals surface area contributed by atoms with Gasteiger partial charge in [0, 0.05) is 19.5 Å². The Morgan fingerprint density at radius 3 is 2.62 bits per heavy atom. The lowest BCUT2D eigenvalue weighted by atomic mass is 10.1. The zero-order chi connectivity index (χ0) is 16.0. The van der Waals surface area contributed by atoms with Crippen LogP contribution in [0.4, 0.5) is 0 Å². The van der Waals surface area contributed by atoms with Crippen LogP contribution in [-0.4, -0.2) is 54.4 Å². The largest absolute Gasteiger partial charge is 0.409 e. The third kappa shape index (κ3) is 5.18. The Kier molecular flexibility index (Phi) is 6.44. The minimum Gasteiger partial charge on any atom is -0.409 e. The van der Waals surface area contributed by atoms with Crippen LogP contribution in [0.2, 0.25) is 0 Å². The number of hydrogen-bond donors (Lipinski definition) is 2. The molecule has 1 aliphatic rings. The van der Waals surface area contributed by atoms with Crippen LogP contribution < -0.4 is 5.73 Å². The molecule has 21 heavy (non-hydrogen) atoms. The van der Waals surface area contributed by atoms with Crippen molar-refractivity contribution >= 4 is 21.6 Å². The molecule has 3 N–H and O–H groups in total. The molecular weight excluding hydrogens is 294 g/mol. The molecule has 1 unspecified atom stereocenters.